The molecule has 0 fully saturated rings. The van der Waals surface area contributed by atoms with Crippen molar-refractivity contribution in [3.8, 4) is 5.75 Å². The second-order valence-electron chi connectivity index (χ2n) is 8.28. The predicted octanol–water partition coefficient (Wildman–Crippen LogP) is 5.44. The van der Waals surface area contributed by atoms with Crippen molar-refractivity contribution in [3.05, 3.63) is 86.0 Å². The number of amides is 1. The van der Waals surface area contributed by atoms with Crippen molar-refractivity contribution >= 4 is 39.1 Å². The average Bonchev–Trinajstić information content (AvgIpc) is 3.36. The summed E-state index contributed by atoms with van der Waals surface area (Å²) in [6.07, 6.45) is 0.854. The fraction of sp³-hybridized carbons (Fsp3) is 0.231. The quantitative estimate of drug-likeness (QED) is 0.333. The molecule has 1 atom stereocenters. The van der Waals surface area contributed by atoms with Gasteiger partial charge in [0.15, 0.2) is 16.3 Å². The van der Waals surface area contributed by atoms with E-state index in [0.717, 1.165) is 23.8 Å². The maximum absolute atomic E-state index is 14.0. The van der Waals surface area contributed by atoms with Gasteiger partial charge < -0.3 is 9.15 Å². The number of ketones is 1. The first-order valence-electron chi connectivity index (χ1n) is 11.1. The van der Waals surface area contributed by atoms with Crippen molar-refractivity contribution in [1.29, 1.82) is 0 Å². The largest absolute Gasteiger partial charge is 0.494 e. The summed E-state index contributed by atoms with van der Waals surface area (Å²) in [6, 6.07) is 9.81. The van der Waals surface area contributed by atoms with E-state index in [0.29, 0.717) is 28.5 Å². The molecule has 2 aromatic heterocycles. The molecule has 0 bridgehead atoms. The molecule has 0 aliphatic carbocycles. The van der Waals surface area contributed by atoms with Gasteiger partial charge in [-0.1, -0.05) is 30.4 Å². The second-order valence-corrected chi connectivity index (χ2v) is 9.25. The Morgan fingerprint density at radius 1 is 1.20 bits per heavy atom. The smallest absolute Gasteiger partial charge is 0.297 e. The molecule has 7 nitrogen and oxygen atoms in total. The topological polar surface area (TPSA) is 89.7 Å². The van der Waals surface area contributed by atoms with Crippen molar-refractivity contribution in [3.63, 3.8) is 0 Å². The van der Waals surface area contributed by atoms with Crippen molar-refractivity contribution in [2.45, 2.75) is 33.2 Å². The monoisotopic (exact) mass is 492 g/mol. The Morgan fingerprint density at radius 2 is 1.94 bits per heavy atom. The van der Waals surface area contributed by atoms with Gasteiger partial charge in [0.25, 0.3) is 5.91 Å². The zero-order chi connectivity index (χ0) is 24.9. The van der Waals surface area contributed by atoms with Crippen molar-refractivity contribution in [2.75, 3.05) is 11.5 Å². The van der Waals surface area contributed by atoms with Gasteiger partial charge in [0, 0.05) is 6.92 Å². The molecular formula is C26H21FN2O5S. The van der Waals surface area contributed by atoms with Crippen LogP contribution in [-0.2, 0) is 0 Å². The lowest BCUT2D eigenvalue weighted by Gasteiger charge is -2.22. The molecular weight excluding hydrogens is 471 g/mol. The maximum Gasteiger partial charge on any atom is 0.297 e. The highest BCUT2D eigenvalue weighted by molar-refractivity contribution is 7.17. The third-order valence-electron chi connectivity index (χ3n) is 5.81. The number of carbonyl (C=O) groups excluding carboxylic acids is 2. The Bertz CT molecular complexity index is 1540. The van der Waals surface area contributed by atoms with Crippen molar-refractivity contribution < 1.29 is 23.1 Å². The number of thiazole rings is 1. The zero-order valence-corrected chi connectivity index (χ0v) is 20.1. The molecule has 2 aromatic carbocycles. The van der Waals surface area contributed by atoms with Gasteiger partial charge in [-0.25, -0.2) is 9.37 Å². The molecule has 0 N–H and O–H groups in total. The van der Waals surface area contributed by atoms with Gasteiger partial charge in [0.1, 0.15) is 17.1 Å². The van der Waals surface area contributed by atoms with E-state index in [1.54, 1.807) is 31.2 Å². The lowest BCUT2D eigenvalue weighted by atomic mass is 9.98. The fourth-order valence-corrected chi connectivity index (χ4v) is 5.22. The summed E-state index contributed by atoms with van der Waals surface area (Å²) in [5.41, 5.74) is 0.851. The summed E-state index contributed by atoms with van der Waals surface area (Å²) in [5.74, 6) is -0.768. The molecule has 3 heterocycles. The summed E-state index contributed by atoms with van der Waals surface area (Å²) in [7, 11) is 0. The molecule has 0 spiro atoms. The number of hydrogen-bond acceptors (Lipinski definition) is 7. The maximum atomic E-state index is 14.0. The van der Waals surface area contributed by atoms with Crippen LogP contribution in [0.25, 0.3) is 11.0 Å². The van der Waals surface area contributed by atoms with Gasteiger partial charge in [0.2, 0.25) is 5.76 Å². The van der Waals surface area contributed by atoms with Crippen LogP contribution in [0.2, 0.25) is 0 Å². The lowest BCUT2D eigenvalue weighted by Crippen LogP contribution is -2.29. The summed E-state index contributed by atoms with van der Waals surface area (Å²) in [6.45, 7) is 5.69. The van der Waals surface area contributed by atoms with Crippen LogP contribution in [0.3, 0.4) is 0 Å². The van der Waals surface area contributed by atoms with E-state index in [1.165, 1.54) is 24.0 Å². The number of aryl methyl sites for hydroxylation is 1. The molecule has 0 saturated heterocycles. The molecule has 0 saturated carbocycles. The number of carbonyl (C=O) groups is 2. The van der Waals surface area contributed by atoms with E-state index in [9.17, 15) is 18.8 Å². The first kappa shape index (κ1) is 22.9. The van der Waals surface area contributed by atoms with E-state index >= 15 is 0 Å². The van der Waals surface area contributed by atoms with Crippen LogP contribution in [0.1, 0.15) is 63.4 Å². The van der Waals surface area contributed by atoms with Gasteiger partial charge in [0.05, 0.1) is 34.2 Å². The predicted molar refractivity (Wildman–Crippen MR) is 130 cm³/mol. The Kier molecular flexibility index (Phi) is 5.72. The fourth-order valence-electron chi connectivity index (χ4n) is 4.24. The van der Waals surface area contributed by atoms with Gasteiger partial charge in [-0.15, -0.1) is 0 Å². The van der Waals surface area contributed by atoms with Crippen LogP contribution < -0.4 is 15.1 Å². The van der Waals surface area contributed by atoms with Crippen molar-refractivity contribution in [1.82, 2.24) is 4.98 Å². The number of hydrogen-bond donors (Lipinski definition) is 0. The number of fused-ring (bicyclic) bond motifs is 2. The molecule has 1 aliphatic heterocycles. The highest BCUT2D eigenvalue weighted by Gasteiger charge is 2.45. The van der Waals surface area contributed by atoms with E-state index in [-0.39, 0.29) is 33.2 Å². The summed E-state index contributed by atoms with van der Waals surface area (Å²) in [4.78, 5) is 45.5. The number of ether oxygens (including phenoxy) is 1. The minimum atomic E-state index is -0.869. The van der Waals surface area contributed by atoms with E-state index < -0.39 is 23.2 Å². The van der Waals surface area contributed by atoms with Crippen LogP contribution in [0, 0.1) is 12.7 Å². The van der Waals surface area contributed by atoms with Crippen LogP contribution in [0.5, 0.6) is 5.75 Å². The molecule has 178 valence electrons. The number of anilines is 1. The lowest BCUT2D eigenvalue weighted by molar-refractivity contribution is 0.0969. The minimum absolute atomic E-state index is 0.0473. The highest BCUT2D eigenvalue weighted by Crippen LogP contribution is 2.43. The van der Waals surface area contributed by atoms with Crippen LogP contribution in [-0.4, -0.2) is 23.3 Å². The number of halogens is 1. The Labute approximate surface area is 203 Å². The van der Waals surface area contributed by atoms with Crippen LogP contribution in [0.4, 0.5) is 9.52 Å². The number of Topliss-reactive ketones (excluding diaryl/α,β-unsaturated/α-hetero) is 1. The van der Waals surface area contributed by atoms with Crippen LogP contribution in [0.15, 0.2) is 51.7 Å². The SMILES string of the molecule is CCCOc1ccc(C2c3c(oc4ccc(F)cc4c3=O)C(=O)N2c2nc(C)c(C(C)=O)s2)cc1. The highest BCUT2D eigenvalue weighted by atomic mass is 32.1. The van der Waals surface area contributed by atoms with Gasteiger partial charge in [-0.2, -0.15) is 0 Å². The molecule has 1 unspecified atom stereocenters. The van der Waals surface area contributed by atoms with E-state index in [4.69, 9.17) is 9.15 Å². The van der Waals surface area contributed by atoms with Gasteiger partial charge >= 0.3 is 0 Å². The van der Waals surface area contributed by atoms with E-state index in [2.05, 4.69) is 4.98 Å². The minimum Gasteiger partial charge on any atom is -0.494 e. The first-order chi connectivity index (χ1) is 16.8. The molecule has 0 radical (unpaired) electrons. The third-order valence-corrected chi connectivity index (χ3v) is 7.07. The Morgan fingerprint density at radius 3 is 2.60 bits per heavy atom. The molecule has 35 heavy (non-hydrogen) atoms. The number of nitrogens with zero attached hydrogens (tertiary/aromatic N) is 2. The number of rotatable bonds is 6. The number of aromatic nitrogens is 1. The standard InChI is InChI=1S/C26H21FN2O5S/c1-4-11-33-17-8-5-15(6-9-17)21-20-22(31)18-12-16(27)7-10-19(18)34-23(20)25(32)29(21)26-28-13(2)24(35-26)14(3)30/h5-10,12,21H,4,11H2,1-3H3. The molecule has 9 heteroatoms. The Hall–Kier alpha value is -3.85. The van der Waals surface area contributed by atoms with Gasteiger partial charge in [-0.05, 0) is 49.2 Å². The first-order valence-corrected chi connectivity index (χ1v) is 11.9. The molecule has 1 amide bonds. The van der Waals surface area contributed by atoms with Crippen molar-refractivity contribution in [2.24, 2.45) is 0 Å². The average molecular weight is 493 g/mol. The Balaban J connectivity index is 1.73. The molecule has 1 aliphatic rings. The summed E-state index contributed by atoms with van der Waals surface area (Å²) >= 11 is 1.08. The number of benzene rings is 2. The van der Waals surface area contributed by atoms with Gasteiger partial charge in [-0.3, -0.25) is 19.3 Å². The second kappa shape index (κ2) is 8.74. The summed E-state index contributed by atoms with van der Waals surface area (Å²) < 4.78 is 25.5. The zero-order valence-electron chi connectivity index (χ0n) is 19.3. The van der Waals surface area contributed by atoms with E-state index in [1.807, 2.05) is 6.92 Å². The molecule has 5 rings (SSSR count). The normalized spacial score (nSPS) is 15.0. The van der Waals surface area contributed by atoms with Crippen LogP contribution >= 0.6 is 11.3 Å². The molecule has 4 aromatic rings. The summed E-state index contributed by atoms with van der Waals surface area (Å²) in [5, 5.41) is 0.320. The third kappa shape index (κ3) is 3.81.